The summed E-state index contributed by atoms with van der Waals surface area (Å²) in [5.41, 5.74) is 0.955. The van der Waals surface area contributed by atoms with Gasteiger partial charge in [-0.25, -0.2) is 13.6 Å². The first-order chi connectivity index (χ1) is 11.8. The Balaban J connectivity index is 1.87. The van der Waals surface area contributed by atoms with Crippen LogP contribution in [0.15, 0.2) is 40.6 Å². The zero-order valence-corrected chi connectivity index (χ0v) is 15.3. The first-order valence-electron chi connectivity index (χ1n) is 7.91. The van der Waals surface area contributed by atoms with Crippen LogP contribution in [0.2, 0.25) is 0 Å². The smallest absolute Gasteiger partial charge is 0.252 e. The number of hydrogen-bond donors (Lipinski definition) is 3. The van der Waals surface area contributed by atoms with Crippen molar-refractivity contribution < 1.29 is 18.3 Å². The van der Waals surface area contributed by atoms with Gasteiger partial charge in [0.25, 0.3) is 5.91 Å². The minimum atomic E-state index is -3.88. The number of aliphatic hydroxyl groups excluding tert-OH is 1. The Kier molecular flexibility index (Phi) is 4.97. The van der Waals surface area contributed by atoms with Crippen LogP contribution >= 0.6 is 11.3 Å². The number of nitrogens with two attached hydrogens (primary N) is 1. The van der Waals surface area contributed by atoms with E-state index in [1.165, 1.54) is 12.1 Å². The minimum absolute atomic E-state index is 0.0880. The van der Waals surface area contributed by atoms with E-state index in [9.17, 15) is 18.3 Å². The number of nitrogens with one attached hydrogen (secondary N) is 1. The van der Waals surface area contributed by atoms with Gasteiger partial charge in [-0.3, -0.25) is 4.79 Å². The maximum atomic E-state index is 12.8. The molecule has 0 unspecified atom stereocenters. The molecule has 0 spiro atoms. The molecule has 0 saturated heterocycles. The van der Waals surface area contributed by atoms with Crippen LogP contribution in [0, 0.1) is 12.8 Å². The summed E-state index contributed by atoms with van der Waals surface area (Å²) in [6.45, 7) is 1.75. The molecule has 1 aromatic heterocycles. The third-order valence-corrected chi connectivity index (χ3v) is 6.41. The molecule has 8 heteroatoms. The van der Waals surface area contributed by atoms with E-state index in [0.29, 0.717) is 18.4 Å². The van der Waals surface area contributed by atoms with Crippen molar-refractivity contribution in [3.8, 4) is 0 Å². The number of carbonyl (C=O) groups is 1. The summed E-state index contributed by atoms with van der Waals surface area (Å²) in [4.78, 5) is 13.7. The van der Waals surface area contributed by atoms with Gasteiger partial charge >= 0.3 is 0 Å². The highest BCUT2D eigenvalue weighted by Gasteiger charge is 2.36. The average molecular weight is 380 g/mol. The van der Waals surface area contributed by atoms with Crippen LogP contribution in [0.1, 0.15) is 39.7 Å². The SMILES string of the molecule is Cc1ccc(S(N)(=O)=O)cc1C(=O)N[C@@H](c1cccs1)C1CC(O)C1. The molecular formula is C17H20N2O4S2. The van der Waals surface area contributed by atoms with E-state index in [1.807, 2.05) is 17.5 Å². The fraction of sp³-hybridized carbons (Fsp3) is 0.353. The highest BCUT2D eigenvalue weighted by atomic mass is 32.2. The van der Waals surface area contributed by atoms with Crippen molar-refractivity contribution >= 4 is 27.3 Å². The van der Waals surface area contributed by atoms with Crippen molar-refractivity contribution in [1.82, 2.24) is 5.32 Å². The molecular weight excluding hydrogens is 360 g/mol. The molecule has 1 heterocycles. The number of hydrogen-bond acceptors (Lipinski definition) is 5. The zero-order valence-electron chi connectivity index (χ0n) is 13.7. The fourth-order valence-corrected chi connectivity index (χ4v) is 4.44. The Bertz CT molecular complexity index is 872. The van der Waals surface area contributed by atoms with Gasteiger partial charge in [-0.05, 0) is 54.8 Å². The van der Waals surface area contributed by atoms with E-state index >= 15 is 0 Å². The van der Waals surface area contributed by atoms with E-state index in [4.69, 9.17) is 5.14 Å². The van der Waals surface area contributed by atoms with Gasteiger partial charge in [-0.2, -0.15) is 0 Å². The van der Waals surface area contributed by atoms with Crippen molar-refractivity contribution in [1.29, 1.82) is 0 Å². The molecule has 25 heavy (non-hydrogen) atoms. The van der Waals surface area contributed by atoms with Crippen LogP contribution in [0.5, 0.6) is 0 Å². The van der Waals surface area contributed by atoms with Crippen molar-refractivity contribution in [2.75, 3.05) is 0 Å². The van der Waals surface area contributed by atoms with Gasteiger partial charge in [-0.15, -0.1) is 11.3 Å². The monoisotopic (exact) mass is 380 g/mol. The maximum absolute atomic E-state index is 12.8. The van der Waals surface area contributed by atoms with Crippen molar-refractivity contribution in [3.63, 3.8) is 0 Å². The van der Waals surface area contributed by atoms with Crippen LogP contribution < -0.4 is 10.5 Å². The average Bonchev–Trinajstić information content (AvgIpc) is 3.03. The Hall–Kier alpha value is -1.74. The Morgan fingerprint density at radius 3 is 2.64 bits per heavy atom. The first-order valence-corrected chi connectivity index (χ1v) is 10.3. The number of aliphatic hydroxyl groups is 1. The van der Waals surface area contributed by atoms with Gasteiger partial charge < -0.3 is 10.4 Å². The standard InChI is InChI=1S/C17H20N2O4S2/c1-10-4-5-13(25(18,22)23)9-14(10)17(21)19-16(11-7-12(20)8-11)15-3-2-6-24-15/h2-6,9,11-12,16,20H,7-8H2,1H3,(H,19,21)(H2,18,22,23)/t11?,12?,16-/m1/s1. The molecule has 1 aliphatic rings. The molecule has 6 nitrogen and oxygen atoms in total. The van der Waals surface area contributed by atoms with Gasteiger partial charge in [0.05, 0.1) is 17.0 Å². The number of benzene rings is 1. The third-order valence-electron chi connectivity index (χ3n) is 4.54. The second-order valence-corrected chi connectivity index (χ2v) is 8.91. The van der Waals surface area contributed by atoms with Gasteiger partial charge in [0.15, 0.2) is 0 Å². The number of sulfonamides is 1. The quantitative estimate of drug-likeness (QED) is 0.736. The number of thiophene rings is 1. The van der Waals surface area contributed by atoms with E-state index in [1.54, 1.807) is 24.3 Å². The Morgan fingerprint density at radius 1 is 1.36 bits per heavy atom. The summed E-state index contributed by atoms with van der Waals surface area (Å²) >= 11 is 1.55. The predicted octanol–water partition coefficient (Wildman–Crippen LogP) is 1.95. The molecule has 1 fully saturated rings. The topological polar surface area (TPSA) is 109 Å². The molecule has 1 aliphatic carbocycles. The second-order valence-electron chi connectivity index (χ2n) is 6.37. The number of rotatable bonds is 5. The maximum Gasteiger partial charge on any atom is 0.252 e. The third kappa shape index (κ3) is 3.92. The summed E-state index contributed by atoms with van der Waals surface area (Å²) in [6, 6.07) is 7.94. The summed E-state index contributed by atoms with van der Waals surface area (Å²) in [6.07, 6.45) is 0.953. The summed E-state index contributed by atoms with van der Waals surface area (Å²) in [5.74, 6) is -0.179. The highest BCUT2D eigenvalue weighted by molar-refractivity contribution is 7.89. The van der Waals surface area contributed by atoms with Crippen molar-refractivity contribution in [2.24, 2.45) is 11.1 Å². The lowest BCUT2D eigenvalue weighted by atomic mass is 9.76. The number of carbonyl (C=O) groups excluding carboxylic acids is 1. The van der Waals surface area contributed by atoms with Crippen molar-refractivity contribution in [3.05, 3.63) is 51.7 Å². The molecule has 2 aromatic rings. The lowest BCUT2D eigenvalue weighted by molar-refractivity contribution is 0.0241. The normalized spacial score (nSPS) is 21.4. The van der Waals surface area contributed by atoms with Crippen molar-refractivity contribution in [2.45, 2.75) is 36.8 Å². The van der Waals surface area contributed by atoms with Crippen LogP contribution in [0.4, 0.5) is 0 Å². The molecule has 0 bridgehead atoms. The van der Waals surface area contributed by atoms with E-state index in [2.05, 4.69) is 5.32 Å². The Labute approximate surface area is 150 Å². The summed E-state index contributed by atoms with van der Waals surface area (Å²) < 4.78 is 23.1. The highest BCUT2D eigenvalue weighted by Crippen LogP contribution is 2.39. The lowest BCUT2D eigenvalue weighted by Crippen LogP contribution is -2.41. The van der Waals surface area contributed by atoms with Crippen LogP contribution in [0.25, 0.3) is 0 Å². The van der Waals surface area contributed by atoms with E-state index in [0.717, 1.165) is 4.88 Å². The first kappa shape index (κ1) is 18.1. The Morgan fingerprint density at radius 2 is 2.08 bits per heavy atom. The predicted molar refractivity (Wildman–Crippen MR) is 95.8 cm³/mol. The van der Waals surface area contributed by atoms with Gasteiger partial charge in [0.1, 0.15) is 0 Å². The molecule has 0 radical (unpaired) electrons. The van der Waals surface area contributed by atoms with Gasteiger partial charge in [0.2, 0.25) is 10.0 Å². The molecule has 1 atom stereocenters. The molecule has 134 valence electrons. The zero-order chi connectivity index (χ0) is 18.2. The summed E-state index contributed by atoms with van der Waals surface area (Å²) in [5, 5.41) is 19.7. The summed E-state index contributed by atoms with van der Waals surface area (Å²) in [7, 11) is -3.88. The molecule has 4 N–H and O–H groups in total. The minimum Gasteiger partial charge on any atom is -0.393 e. The van der Waals surface area contributed by atoms with Gasteiger partial charge in [-0.1, -0.05) is 12.1 Å². The van der Waals surface area contributed by atoms with Crippen LogP contribution in [-0.4, -0.2) is 25.5 Å². The molecule has 1 saturated carbocycles. The number of primary sulfonamides is 1. The molecule has 1 aromatic carbocycles. The molecule has 0 aliphatic heterocycles. The number of aryl methyl sites for hydroxylation is 1. The molecule has 1 amide bonds. The van der Waals surface area contributed by atoms with E-state index < -0.39 is 10.0 Å². The van der Waals surface area contributed by atoms with E-state index in [-0.39, 0.29) is 34.4 Å². The second kappa shape index (κ2) is 6.87. The largest absolute Gasteiger partial charge is 0.393 e. The number of amides is 1. The van der Waals surface area contributed by atoms with Crippen LogP contribution in [0.3, 0.4) is 0 Å². The van der Waals surface area contributed by atoms with Gasteiger partial charge in [0, 0.05) is 10.4 Å². The fourth-order valence-electron chi connectivity index (χ4n) is 3.03. The molecule has 3 rings (SSSR count). The van der Waals surface area contributed by atoms with Crippen LogP contribution in [-0.2, 0) is 10.0 Å². The lowest BCUT2D eigenvalue weighted by Gasteiger charge is -2.37.